The molecule has 3 saturated heterocycles. The normalized spacial score (nSPS) is 22.4. The van der Waals surface area contributed by atoms with Gasteiger partial charge in [-0.3, -0.25) is 4.79 Å². The van der Waals surface area contributed by atoms with Gasteiger partial charge in [-0.2, -0.15) is 0 Å². The predicted molar refractivity (Wildman–Crippen MR) is 131 cm³/mol. The van der Waals surface area contributed by atoms with Gasteiger partial charge in [-0.25, -0.2) is 0 Å². The average molecular weight is 468 g/mol. The lowest BCUT2D eigenvalue weighted by atomic mass is 9.85. The number of thiophene rings is 1. The van der Waals surface area contributed by atoms with Gasteiger partial charge in [-0.1, -0.05) is 30.3 Å². The van der Waals surface area contributed by atoms with Crippen molar-refractivity contribution in [3.05, 3.63) is 65.4 Å². The van der Waals surface area contributed by atoms with Crippen LogP contribution in [0.15, 0.2) is 60.5 Å². The fourth-order valence-electron chi connectivity index (χ4n) is 5.54. The minimum absolute atomic E-state index is 0.246. The van der Waals surface area contributed by atoms with E-state index in [1.807, 2.05) is 17.0 Å². The Balaban J connectivity index is 1.22. The average Bonchev–Trinajstić information content (AvgIpc) is 3.60. The fraction of sp³-hybridized carbons (Fsp3) is 0.500. The predicted octanol–water partition coefficient (Wildman–Crippen LogP) is 4.05. The minimum atomic E-state index is -0.568. The Hall–Kier alpha value is -2.19. The number of anilines is 1. The topological polar surface area (TPSA) is 45.2 Å². The number of piperidine rings is 1. The Morgan fingerprint density at radius 3 is 2.48 bits per heavy atom. The monoisotopic (exact) mass is 467 g/mol. The van der Waals surface area contributed by atoms with Crippen molar-refractivity contribution >= 4 is 22.9 Å². The smallest absolute Gasteiger partial charge is 0.250 e. The van der Waals surface area contributed by atoms with E-state index in [4.69, 9.17) is 9.47 Å². The van der Waals surface area contributed by atoms with Crippen LogP contribution in [0.4, 0.5) is 5.69 Å². The van der Waals surface area contributed by atoms with Crippen molar-refractivity contribution in [2.45, 2.75) is 37.0 Å². The summed E-state index contributed by atoms with van der Waals surface area (Å²) in [4.78, 5) is 21.4. The van der Waals surface area contributed by atoms with E-state index >= 15 is 0 Å². The lowest BCUT2D eigenvalue weighted by molar-refractivity contribution is -0.169. The van der Waals surface area contributed by atoms with Gasteiger partial charge in [0.05, 0.1) is 24.8 Å². The second-order valence-corrected chi connectivity index (χ2v) is 10.1. The first-order valence-corrected chi connectivity index (χ1v) is 12.8. The Morgan fingerprint density at radius 2 is 1.82 bits per heavy atom. The van der Waals surface area contributed by atoms with Crippen LogP contribution >= 0.6 is 11.3 Å². The molecule has 6 nitrogen and oxygen atoms in total. The summed E-state index contributed by atoms with van der Waals surface area (Å²) in [6.45, 7) is 9.23. The molecular weight excluding hydrogens is 434 g/mol. The first-order valence-electron chi connectivity index (χ1n) is 11.9. The summed E-state index contributed by atoms with van der Waals surface area (Å²) >= 11 is 1.70. The third-order valence-electron chi connectivity index (χ3n) is 7.25. The molecule has 5 rings (SSSR count). The van der Waals surface area contributed by atoms with Gasteiger partial charge in [0.25, 0.3) is 0 Å². The number of rotatable bonds is 8. The maximum Gasteiger partial charge on any atom is 0.250 e. The van der Waals surface area contributed by atoms with Crippen LogP contribution in [0.3, 0.4) is 0 Å². The molecule has 3 aliphatic rings. The van der Waals surface area contributed by atoms with Crippen LogP contribution in [0.2, 0.25) is 0 Å². The highest BCUT2D eigenvalue weighted by atomic mass is 32.1. The first kappa shape index (κ1) is 22.6. The van der Waals surface area contributed by atoms with E-state index in [2.05, 4.69) is 58.2 Å². The molecule has 0 bridgehead atoms. The summed E-state index contributed by atoms with van der Waals surface area (Å²) in [5, 5.41) is 2.08. The molecule has 33 heavy (non-hydrogen) atoms. The molecule has 0 radical (unpaired) electrons. The number of para-hydroxylation sites is 1. The van der Waals surface area contributed by atoms with Crippen LogP contribution in [-0.2, 0) is 20.1 Å². The lowest BCUT2D eigenvalue weighted by Crippen LogP contribution is -2.56. The van der Waals surface area contributed by atoms with Gasteiger partial charge in [-0.05, 0) is 49.4 Å². The molecule has 3 aliphatic heterocycles. The number of nitrogens with zero attached hydrogens (tertiary/aromatic N) is 3. The van der Waals surface area contributed by atoms with E-state index in [1.54, 1.807) is 11.3 Å². The summed E-state index contributed by atoms with van der Waals surface area (Å²) in [7, 11) is 0. The summed E-state index contributed by atoms with van der Waals surface area (Å²) in [5.74, 6) is -0.322. The Morgan fingerprint density at radius 1 is 1.06 bits per heavy atom. The summed E-state index contributed by atoms with van der Waals surface area (Å²) in [6.07, 6.45) is 5.38. The molecule has 0 saturated carbocycles. The van der Waals surface area contributed by atoms with Gasteiger partial charge in [0.15, 0.2) is 0 Å². The molecule has 0 aliphatic carbocycles. The minimum Gasteiger partial charge on any atom is -0.343 e. The van der Waals surface area contributed by atoms with E-state index in [0.717, 1.165) is 55.9 Å². The highest BCUT2D eigenvalue weighted by Gasteiger charge is 2.53. The van der Waals surface area contributed by atoms with Crippen LogP contribution in [0.25, 0.3) is 0 Å². The first-order chi connectivity index (χ1) is 16.2. The number of carbonyl (C=O) groups is 1. The fourth-order valence-corrected chi connectivity index (χ4v) is 6.40. The highest BCUT2D eigenvalue weighted by Crippen LogP contribution is 2.41. The second kappa shape index (κ2) is 9.58. The van der Waals surface area contributed by atoms with Crippen LogP contribution in [-0.4, -0.2) is 67.3 Å². The van der Waals surface area contributed by atoms with E-state index in [1.165, 1.54) is 0 Å². The Bertz CT molecular complexity index is 935. The van der Waals surface area contributed by atoms with Crippen LogP contribution in [0.5, 0.6) is 0 Å². The molecule has 0 N–H and O–H groups in total. The zero-order chi connectivity index (χ0) is 22.7. The molecule has 2 aromatic rings. The van der Waals surface area contributed by atoms with Crippen molar-refractivity contribution in [2.75, 3.05) is 51.0 Å². The number of benzene rings is 1. The number of carbonyl (C=O) groups excluding carboxylic acids is 1. The van der Waals surface area contributed by atoms with Crippen molar-refractivity contribution < 1.29 is 14.3 Å². The molecule has 0 atom stereocenters. The molecule has 4 heterocycles. The van der Waals surface area contributed by atoms with Crippen LogP contribution in [0.1, 0.15) is 30.6 Å². The van der Waals surface area contributed by atoms with Gasteiger partial charge < -0.3 is 24.2 Å². The molecule has 0 unspecified atom stereocenters. The maximum atomic E-state index is 13.5. The molecule has 1 spiro atoms. The molecule has 176 valence electrons. The second-order valence-electron chi connectivity index (χ2n) is 9.13. The zero-order valence-electron chi connectivity index (χ0n) is 19.2. The zero-order valence-corrected chi connectivity index (χ0v) is 20.0. The van der Waals surface area contributed by atoms with Crippen molar-refractivity contribution in [2.24, 2.45) is 0 Å². The SMILES string of the molecule is C=CCN1CN(c2ccccc2)C2(CCN(CCCC3(c4cccs4)OCCO3)CC2)C1=O. The summed E-state index contributed by atoms with van der Waals surface area (Å²) in [5.41, 5.74) is 0.677. The number of likely N-dealkylation sites (tertiary alicyclic amines) is 1. The lowest BCUT2D eigenvalue weighted by Gasteiger charge is -2.43. The van der Waals surface area contributed by atoms with E-state index in [9.17, 15) is 4.79 Å². The van der Waals surface area contributed by atoms with Gasteiger partial charge in [0.2, 0.25) is 11.7 Å². The third-order valence-corrected chi connectivity index (χ3v) is 8.24. The number of ether oxygens (including phenoxy) is 2. The maximum absolute atomic E-state index is 13.5. The number of amides is 1. The van der Waals surface area contributed by atoms with Crippen molar-refractivity contribution in [1.82, 2.24) is 9.80 Å². The Labute approximate surface area is 200 Å². The number of hydrogen-bond acceptors (Lipinski definition) is 6. The molecular formula is C26H33N3O3S. The largest absolute Gasteiger partial charge is 0.343 e. The van der Waals surface area contributed by atoms with Crippen molar-refractivity contribution in [3.63, 3.8) is 0 Å². The Kier molecular flexibility index (Phi) is 6.56. The molecule has 1 aromatic carbocycles. The van der Waals surface area contributed by atoms with Gasteiger partial charge >= 0.3 is 0 Å². The van der Waals surface area contributed by atoms with E-state index in [0.29, 0.717) is 26.4 Å². The van der Waals surface area contributed by atoms with E-state index in [-0.39, 0.29) is 5.91 Å². The van der Waals surface area contributed by atoms with Gasteiger partial charge in [0, 0.05) is 31.7 Å². The molecule has 1 aromatic heterocycles. The highest BCUT2D eigenvalue weighted by molar-refractivity contribution is 7.10. The quantitative estimate of drug-likeness (QED) is 0.548. The van der Waals surface area contributed by atoms with E-state index < -0.39 is 11.3 Å². The van der Waals surface area contributed by atoms with Gasteiger partial charge in [-0.15, -0.1) is 17.9 Å². The standard InChI is InChI=1S/C26H33N3O3S/c1-2-14-28-21-29(22-8-4-3-5-9-22)25(24(28)30)12-16-27(17-13-25)15-7-11-26(31-18-19-32-26)23-10-6-20-33-23/h2-6,8-10,20H,1,7,11-19,21H2. The number of hydrogen-bond donors (Lipinski definition) is 0. The van der Waals surface area contributed by atoms with Crippen LogP contribution in [0, 0.1) is 0 Å². The van der Waals surface area contributed by atoms with Crippen LogP contribution < -0.4 is 4.90 Å². The summed E-state index contributed by atoms with van der Waals surface area (Å²) in [6, 6.07) is 14.5. The summed E-state index contributed by atoms with van der Waals surface area (Å²) < 4.78 is 12.1. The third kappa shape index (κ3) is 4.23. The molecule has 3 fully saturated rings. The van der Waals surface area contributed by atoms with Crippen molar-refractivity contribution in [3.8, 4) is 0 Å². The molecule has 7 heteroatoms. The van der Waals surface area contributed by atoms with Gasteiger partial charge in [0.1, 0.15) is 5.54 Å². The molecule has 1 amide bonds. The van der Waals surface area contributed by atoms with Crippen molar-refractivity contribution in [1.29, 1.82) is 0 Å².